The number of hydrogen-bond acceptors (Lipinski definition) is 2. The average Bonchev–Trinajstić information content (AvgIpc) is 3.32. The van der Waals surface area contributed by atoms with Gasteiger partial charge < -0.3 is 10.6 Å². The summed E-state index contributed by atoms with van der Waals surface area (Å²) in [6.45, 7) is 0. The fourth-order valence-corrected chi connectivity index (χ4v) is 2.55. The van der Waals surface area contributed by atoms with E-state index < -0.39 is 17.5 Å². The van der Waals surface area contributed by atoms with E-state index in [9.17, 15) is 22.8 Å². The second-order valence-corrected chi connectivity index (χ2v) is 5.56. The van der Waals surface area contributed by atoms with Crippen molar-refractivity contribution in [2.24, 2.45) is 0 Å². The molecule has 1 aliphatic carbocycles. The molecule has 0 saturated heterocycles. The Morgan fingerprint density at radius 3 is 2.29 bits per heavy atom. The number of carbonyl (C=O) groups excluding carboxylic acids is 2. The molecule has 0 bridgehead atoms. The molecule has 7 heteroatoms. The molecule has 124 valence electrons. The number of nitrogens with one attached hydrogen (secondary N) is 2. The molecule has 2 aromatic carbocycles. The van der Waals surface area contributed by atoms with Gasteiger partial charge in [-0.05, 0) is 48.4 Å². The highest BCUT2D eigenvalue weighted by Gasteiger charge is 2.40. The van der Waals surface area contributed by atoms with Crippen LogP contribution in [0, 0.1) is 17.5 Å². The topological polar surface area (TPSA) is 58.2 Å². The van der Waals surface area contributed by atoms with Crippen molar-refractivity contribution in [1.29, 1.82) is 0 Å². The summed E-state index contributed by atoms with van der Waals surface area (Å²) < 4.78 is 39.5. The van der Waals surface area contributed by atoms with Crippen molar-refractivity contribution in [2.45, 2.75) is 18.4 Å². The van der Waals surface area contributed by atoms with Crippen molar-refractivity contribution < 1.29 is 22.8 Å². The van der Waals surface area contributed by atoms with Crippen LogP contribution in [0.5, 0.6) is 0 Å². The summed E-state index contributed by atoms with van der Waals surface area (Å²) in [5.41, 5.74) is 1.28. The van der Waals surface area contributed by atoms with Gasteiger partial charge in [-0.15, -0.1) is 0 Å². The number of benzene rings is 2. The second-order valence-electron chi connectivity index (χ2n) is 5.56. The third-order valence-electron chi connectivity index (χ3n) is 3.91. The van der Waals surface area contributed by atoms with Gasteiger partial charge in [0.1, 0.15) is 0 Å². The summed E-state index contributed by atoms with van der Waals surface area (Å²) in [6, 6.07) is 7.92. The fraction of sp³-hybridized carbons (Fsp3) is 0.176. The molecule has 1 aliphatic rings. The second kappa shape index (κ2) is 6.35. The van der Waals surface area contributed by atoms with Crippen LogP contribution in [-0.4, -0.2) is 18.4 Å². The van der Waals surface area contributed by atoms with Crippen LogP contribution in [0.25, 0.3) is 0 Å². The van der Waals surface area contributed by atoms with E-state index in [0.717, 1.165) is 12.1 Å². The maximum absolute atomic E-state index is 13.3. The van der Waals surface area contributed by atoms with Crippen molar-refractivity contribution in [3.8, 4) is 0 Å². The Bertz CT molecular complexity index is 770. The Labute approximate surface area is 135 Å². The smallest absolute Gasteiger partial charge is 0.251 e. The lowest BCUT2D eigenvalue weighted by Gasteiger charge is -2.07. The molecule has 1 fully saturated rings. The van der Waals surface area contributed by atoms with Crippen molar-refractivity contribution in [3.05, 3.63) is 65.0 Å². The van der Waals surface area contributed by atoms with E-state index in [-0.39, 0.29) is 17.9 Å². The summed E-state index contributed by atoms with van der Waals surface area (Å²) in [5, 5.41) is 5.21. The minimum atomic E-state index is -1.50. The lowest BCUT2D eigenvalue weighted by molar-refractivity contribution is -0.105. The van der Waals surface area contributed by atoms with Crippen molar-refractivity contribution in [3.63, 3.8) is 0 Å². The molecular formula is C17H13F3N2O2. The van der Waals surface area contributed by atoms with Crippen molar-refractivity contribution in [2.75, 3.05) is 5.32 Å². The van der Waals surface area contributed by atoms with E-state index in [1.807, 2.05) is 0 Å². The highest BCUT2D eigenvalue weighted by Crippen LogP contribution is 2.41. The maximum Gasteiger partial charge on any atom is 0.251 e. The lowest BCUT2D eigenvalue weighted by Crippen LogP contribution is -2.26. The average molecular weight is 334 g/mol. The lowest BCUT2D eigenvalue weighted by atomic mass is 10.1. The van der Waals surface area contributed by atoms with Crippen molar-refractivity contribution >= 4 is 18.0 Å². The molecule has 0 aliphatic heterocycles. The molecule has 2 N–H and O–H groups in total. The van der Waals surface area contributed by atoms with Gasteiger partial charge in [0.25, 0.3) is 5.91 Å². The number of carbonyl (C=O) groups is 2. The molecule has 3 rings (SSSR count). The number of rotatable bonds is 5. The van der Waals surface area contributed by atoms with Gasteiger partial charge in [-0.1, -0.05) is 0 Å². The number of hydrogen-bond donors (Lipinski definition) is 2. The summed E-state index contributed by atoms with van der Waals surface area (Å²) >= 11 is 0. The van der Waals surface area contributed by atoms with Gasteiger partial charge in [-0.2, -0.15) is 0 Å². The number of halogens is 3. The van der Waals surface area contributed by atoms with Crippen LogP contribution in [0.1, 0.15) is 28.3 Å². The predicted octanol–water partition coefficient (Wildman–Crippen LogP) is 2.96. The Hall–Kier alpha value is -2.83. The van der Waals surface area contributed by atoms with E-state index in [4.69, 9.17) is 0 Å². The van der Waals surface area contributed by atoms with Gasteiger partial charge in [0, 0.05) is 23.2 Å². The minimum absolute atomic E-state index is 0.241. The summed E-state index contributed by atoms with van der Waals surface area (Å²) in [6.07, 6.45) is 1.06. The van der Waals surface area contributed by atoms with Gasteiger partial charge in [0.15, 0.2) is 17.5 Å². The van der Waals surface area contributed by atoms with Crippen LogP contribution >= 0.6 is 0 Å². The molecule has 1 saturated carbocycles. The van der Waals surface area contributed by atoms with Gasteiger partial charge in [-0.25, -0.2) is 13.2 Å². The van der Waals surface area contributed by atoms with Gasteiger partial charge in [0.2, 0.25) is 6.41 Å². The fourth-order valence-electron chi connectivity index (χ4n) is 2.55. The molecule has 2 amide bonds. The summed E-state index contributed by atoms with van der Waals surface area (Å²) in [4.78, 5) is 22.4. The maximum atomic E-state index is 13.3. The summed E-state index contributed by atoms with van der Waals surface area (Å²) in [5.74, 6) is -4.54. The first-order valence-electron chi connectivity index (χ1n) is 7.25. The highest BCUT2D eigenvalue weighted by molar-refractivity contribution is 5.95. The van der Waals surface area contributed by atoms with Gasteiger partial charge in [-0.3, -0.25) is 9.59 Å². The quantitative estimate of drug-likeness (QED) is 0.652. The first-order chi connectivity index (χ1) is 11.5. The van der Waals surface area contributed by atoms with Crippen LogP contribution in [0.15, 0.2) is 36.4 Å². The van der Waals surface area contributed by atoms with E-state index in [0.29, 0.717) is 29.6 Å². The summed E-state index contributed by atoms with van der Waals surface area (Å²) in [7, 11) is 0. The normalized spacial score (nSPS) is 18.8. The zero-order valence-electron chi connectivity index (χ0n) is 12.4. The third kappa shape index (κ3) is 3.24. The molecule has 0 spiro atoms. The third-order valence-corrected chi connectivity index (χ3v) is 3.91. The zero-order chi connectivity index (χ0) is 17.3. The predicted molar refractivity (Wildman–Crippen MR) is 81.1 cm³/mol. The molecule has 0 aromatic heterocycles. The Morgan fingerprint density at radius 1 is 1.08 bits per heavy atom. The molecule has 4 nitrogen and oxygen atoms in total. The molecule has 0 radical (unpaired) electrons. The number of amides is 2. The molecule has 0 heterocycles. The van der Waals surface area contributed by atoms with Gasteiger partial charge >= 0.3 is 0 Å². The first-order valence-corrected chi connectivity index (χ1v) is 7.25. The Balaban J connectivity index is 1.64. The van der Waals surface area contributed by atoms with E-state index in [1.54, 1.807) is 24.3 Å². The van der Waals surface area contributed by atoms with Crippen molar-refractivity contribution in [1.82, 2.24) is 5.32 Å². The van der Waals surface area contributed by atoms with E-state index in [2.05, 4.69) is 10.6 Å². The highest BCUT2D eigenvalue weighted by atomic mass is 19.2. The monoisotopic (exact) mass is 334 g/mol. The standard InChI is InChI=1S/C17H13F3N2O2/c18-13-5-10(6-14(19)16(13)20)12-7-15(12)22-17(24)9-1-3-11(4-2-9)21-8-23/h1-6,8,12,15H,7H2,(H,21,23)(H,22,24)/t12-,15+/m0/s1. The SMILES string of the molecule is O=CNc1ccc(C(=O)N[C@@H]2C[C@H]2c2cc(F)c(F)c(F)c2)cc1. The largest absolute Gasteiger partial charge is 0.349 e. The van der Waals surface area contributed by atoms with Crippen LogP contribution < -0.4 is 10.6 Å². The number of anilines is 1. The Morgan fingerprint density at radius 2 is 1.71 bits per heavy atom. The first kappa shape index (κ1) is 16.0. The van der Waals surface area contributed by atoms with E-state index >= 15 is 0 Å². The van der Waals surface area contributed by atoms with Crippen LogP contribution in [0.4, 0.5) is 18.9 Å². The van der Waals surface area contributed by atoms with Crippen LogP contribution in [0.2, 0.25) is 0 Å². The molecule has 0 unspecified atom stereocenters. The van der Waals surface area contributed by atoms with Crippen LogP contribution in [-0.2, 0) is 4.79 Å². The zero-order valence-corrected chi connectivity index (χ0v) is 12.4. The minimum Gasteiger partial charge on any atom is -0.349 e. The van der Waals surface area contributed by atoms with Gasteiger partial charge in [0.05, 0.1) is 0 Å². The van der Waals surface area contributed by atoms with Crippen LogP contribution in [0.3, 0.4) is 0 Å². The molecular weight excluding hydrogens is 321 g/mol. The Kier molecular flexibility index (Phi) is 4.24. The molecule has 2 atom stereocenters. The molecule has 2 aromatic rings. The van der Waals surface area contributed by atoms with E-state index in [1.165, 1.54) is 0 Å². The molecule has 24 heavy (non-hydrogen) atoms.